The summed E-state index contributed by atoms with van der Waals surface area (Å²) in [5.74, 6) is 0. The van der Waals surface area contributed by atoms with Crippen molar-refractivity contribution in [3.63, 3.8) is 0 Å². The molecule has 142 valence electrons. The third-order valence-corrected chi connectivity index (χ3v) is 5.00. The average Bonchev–Trinajstić information content (AvgIpc) is 2.48. The number of unbranched alkanes of at least 4 members (excludes halogenated alkanes) is 9. The van der Waals surface area contributed by atoms with E-state index in [0.717, 1.165) is 18.4 Å². The highest BCUT2D eigenvalue weighted by Gasteiger charge is 2.13. The van der Waals surface area contributed by atoms with Crippen LogP contribution in [0.25, 0.3) is 0 Å². The van der Waals surface area contributed by atoms with Crippen LogP contribution in [0, 0.1) is 0 Å². The van der Waals surface area contributed by atoms with Crippen molar-refractivity contribution in [2.45, 2.75) is 82.4 Å². The molecule has 5 nitrogen and oxygen atoms in total. The van der Waals surface area contributed by atoms with E-state index >= 15 is 0 Å². The second kappa shape index (κ2) is 14.4. The van der Waals surface area contributed by atoms with Crippen LogP contribution in [0.2, 0.25) is 0 Å². The lowest BCUT2D eigenvalue weighted by molar-refractivity contribution is 0.481. The Balaban J connectivity index is 0. The highest BCUT2D eigenvalue weighted by molar-refractivity contribution is 7.85. The largest absolute Gasteiger partial charge is 0.344 e. The molecular formula is C18H36N2O3S. The standard InChI is InChI=1S/C18H30O3S.2H3N/c1-2-3-4-5-6-7-8-9-10-11-14-17-15-12-13-16-18(17)22(19,20)21;;/h12-13,15-16H,2-11,14H2,1H3,(H,19,20,21);2*1H3. The first-order valence-electron chi connectivity index (χ1n) is 8.61. The van der Waals surface area contributed by atoms with Crippen LogP contribution in [0.15, 0.2) is 29.2 Å². The predicted molar refractivity (Wildman–Crippen MR) is 102 cm³/mol. The summed E-state index contributed by atoms with van der Waals surface area (Å²) in [6, 6.07) is 6.73. The number of benzene rings is 1. The molecule has 0 saturated heterocycles. The predicted octanol–water partition coefficient (Wildman–Crippen LogP) is 5.72. The summed E-state index contributed by atoms with van der Waals surface area (Å²) in [7, 11) is -4.10. The van der Waals surface area contributed by atoms with Crippen LogP contribution >= 0.6 is 0 Å². The molecule has 0 aliphatic carbocycles. The summed E-state index contributed by atoms with van der Waals surface area (Å²) in [6.07, 6.45) is 13.3. The lowest BCUT2D eigenvalue weighted by Gasteiger charge is -2.07. The van der Waals surface area contributed by atoms with Crippen molar-refractivity contribution in [1.82, 2.24) is 12.3 Å². The molecule has 0 bridgehead atoms. The maximum atomic E-state index is 11.3. The van der Waals surface area contributed by atoms with Crippen LogP contribution < -0.4 is 12.3 Å². The van der Waals surface area contributed by atoms with E-state index in [1.54, 1.807) is 12.1 Å². The minimum absolute atomic E-state index is 0. The van der Waals surface area contributed by atoms with Gasteiger partial charge >= 0.3 is 0 Å². The van der Waals surface area contributed by atoms with Crippen LogP contribution in [0.5, 0.6) is 0 Å². The summed E-state index contributed by atoms with van der Waals surface area (Å²) in [4.78, 5) is 0.0610. The van der Waals surface area contributed by atoms with Gasteiger partial charge in [0.15, 0.2) is 0 Å². The Bertz CT molecular complexity index is 519. The maximum absolute atomic E-state index is 11.3. The zero-order valence-electron chi connectivity index (χ0n) is 15.2. The molecule has 0 fully saturated rings. The molecule has 1 aromatic carbocycles. The molecular weight excluding hydrogens is 324 g/mol. The molecule has 0 atom stereocenters. The molecule has 0 spiro atoms. The van der Waals surface area contributed by atoms with Gasteiger partial charge in [0.1, 0.15) is 0 Å². The summed E-state index contributed by atoms with van der Waals surface area (Å²) >= 11 is 0. The first kappa shape index (κ1) is 25.3. The molecule has 0 unspecified atom stereocenters. The Hall–Kier alpha value is -0.950. The van der Waals surface area contributed by atoms with Crippen molar-refractivity contribution in [3.8, 4) is 0 Å². The smallest absolute Gasteiger partial charge is 0.294 e. The van der Waals surface area contributed by atoms with E-state index in [0.29, 0.717) is 6.42 Å². The van der Waals surface area contributed by atoms with Crippen LogP contribution in [-0.4, -0.2) is 13.0 Å². The summed E-state index contributed by atoms with van der Waals surface area (Å²) in [5.41, 5.74) is 0.726. The molecule has 0 radical (unpaired) electrons. The van der Waals surface area contributed by atoms with Gasteiger partial charge in [-0.25, -0.2) is 0 Å². The molecule has 0 aliphatic rings. The van der Waals surface area contributed by atoms with Crippen molar-refractivity contribution >= 4 is 10.1 Å². The van der Waals surface area contributed by atoms with Crippen molar-refractivity contribution < 1.29 is 13.0 Å². The van der Waals surface area contributed by atoms with Crippen LogP contribution in [0.4, 0.5) is 0 Å². The lowest BCUT2D eigenvalue weighted by atomic mass is 10.0. The van der Waals surface area contributed by atoms with Crippen molar-refractivity contribution in [3.05, 3.63) is 29.8 Å². The van der Waals surface area contributed by atoms with Crippen LogP contribution in [0.1, 0.15) is 76.7 Å². The van der Waals surface area contributed by atoms with E-state index in [1.165, 1.54) is 57.4 Å². The van der Waals surface area contributed by atoms with Crippen LogP contribution in [-0.2, 0) is 16.5 Å². The fourth-order valence-corrected chi connectivity index (χ4v) is 3.52. The Labute approximate surface area is 148 Å². The number of aryl methyl sites for hydroxylation is 1. The molecule has 0 aliphatic heterocycles. The average molecular weight is 361 g/mol. The van der Waals surface area contributed by atoms with Gasteiger partial charge in [0.2, 0.25) is 0 Å². The minimum atomic E-state index is -4.10. The van der Waals surface area contributed by atoms with Gasteiger partial charge in [0.05, 0.1) is 4.90 Å². The van der Waals surface area contributed by atoms with Gasteiger partial charge in [0, 0.05) is 0 Å². The molecule has 6 heteroatoms. The van der Waals surface area contributed by atoms with Crippen molar-refractivity contribution in [1.29, 1.82) is 0 Å². The molecule has 7 N–H and O–H groups in total. The van der Waals surface area contributed by atoms with Crippen LogP contribution in [0.3, 0.4) is 0 Å². The van der Waals surface area contributed by atoms with Gasteiger partial charge in [-0.05, 0) is 24.5 Å². The fourth-order valence-electron chi connectivity index (χ4n) is 2.76. The molecule has 1 aromatic rings. The molecule has 24 heavy (non-hydrogen) atoms. The monoisotopic (exact) mass is 360 g/mol. The number of hydrogen-bond donors (Lipinski definition) is 3. The fraction of sp³-hybridized carbons (Fsp3) is 0.667. The van der Waals surface area contributed by atoms with Gasteiger partial charge < -0.3 is 12.3 Å². The molecule has 1 rings (SSSR count). The second-order valence-electron chi connectivity index (χ2n) is 6.01. The molecule has 0 amide bonds. The van der Waals surface area contributed by atoms with E-state index in [9.17, 15) is 13.0 Å². The van der Waals surface area contributed by atoms with E-state index in [4.69, 9.17) is 0 Å². The Kier molecular flexibility index (Phi) is 15.2. The first-order chi connectivity index (χ1) is 10.6. The van der Waals surface area contributed by atoms with Gasteiger partial charge in [-0.1, -0.05) is 82.9 Å². The van der Waals surface area contributed by atoms with E-state index in [2.05, 4.69) is 6.92 Å². The van der Waals surface area contributed by atoms with Crippen molar-refractivity contribution in [2.75, 3.05) is 0 Å². The molecule has 0 aromatic heterocycles. The van der Waals surface area contributed by atoms with Gasteiger partial charge in [-0.3, -0.25) is 4.55 Å². The van der Waals surface area contributed by atoms with Gasteiger partial charge in [0.25, 0.3) is 10.1 Å². The zero-order valence-corrected chi connectivity index (χ0v) is 16.0. The summed E-state index contributed by atoms with van der Waals surface area (Å²) in [5, 5.41) is 0. The minimum Gasteiger partial charge on any atom is -0.344 e. The lowest BCUT2D eigenvalue weighted by Crippen LogP contribution is -2.03. The SMILES string of the molecule is CCCCCCCCCCCCc1ccccc1S(=O)(=O)O.N.N. The molecule has 0 heterocycles. The third kappa shape index (κ3) is 10.8. The second-order valence-corrected chi connectivity index (χ2v) is 7.40. The Morgan fingerprint density at radius 3 is 1.75 bits per heavy atom. The number of hydrogen-bond acceptors (Lipinski definition) is 4. The summed E-state index contributed by atoms with van der Waals surface area (Å²) < 4.78 is 31.8. The van der Waals surface area contributed by atoms with Gasteiger partial charge in [-0.2, -0.15) is 8.42 Å². The number of rotatable bonds is 12. The Morgan fingerprint density at radius 1 is 0.792 bits per heavy atom. The first-order valence-corrected chi connectivity index (χ1v) is 10.0. The maximum Gasteiger partial charge on any atom is 0.294 e. The topological polar surface area (TPSA) is 124 Å². The van der Waals surface area contributed by atoms with E-state index < -0.39 is 10.1 Å². The summed E-state index contributed by atoms with van der Waals surface area (Å²) in [6.45, 7) is 2.24. The highest BCUT2D eigenvalue weighted by atomic mass is 32.2. The Morgan fingerprint density at radius 2 is 1.25 bits per heavy atom. The zero-order chi connectivity index (χ0) is 16.3. The quantitative estimate of drug-likeness (QED) is 0.324. The van der Waals surface area contributed by atoms with E-state index in [-0.39, 0.29) is 17.2 Å². The highest BCUT2D eigenvalue weighted by Crippen LogP contribution is 2.18. The van der Waals surface area contributed by atoms with Gasteiger partial charge in [-0.15, -0.1) is 0 Å². The third-order valence-electron chi connectivity index (χ3n) is 4.05. The van der Waals surface area contributed by atoms with E-state index in [1.807, 2.05) is 6.07 Å². The molecule has 0 saturated carbocycles. The normalized spacial score (nSPS) is 10.8. The van der Waals surface area contributed by atoms with Crippen molar-refractivity contribution in [2.24, 2.45) is 0 Å².